The summed E-state index contributed by atoms with van der Waals surface area (Å²) in [4.78, 5) is 0. The lowest BCUT2D eigenvalue weighted by molar-refractivity contribution is -0.148. The SMILES string of the molecule is CCCn1c(C)nnc1CN[C@H]1CCCC[C@H]1CC(F)(F)F. The zero-order valence-corrected chi connectivity index (χ0v) is 13.3. The molecule has 1 aromatic heterocycles. The standard InChI is InChI=1S/C15H25F3N4/c1-3-8-22-11(2)20-21-14(22)10-19-13-7-5-4-6-12(13)9-15(16,17)18/h12-13,19H,3-10H2,1-2H3/t12-,13-/m0/s1. The average Bonchev–Trinajstić information content (AvgIpc) is 2.78. The minimum atomic E-state index is -4.08. The molecule has 0 aromatic carbocycles. The molecular weight excluding hydrogens is 293 g/mol. The fraction of sp³-hybridized carbons (Fsp3) is 0.867. The molecule has 1 fully saturated rings. The molecule has 1 aliphatic rings. The normalized spacial score (nSPS) is 23.0. The first kappa shape index (κ1) is 17.2. The summed E-state index contributed by atoms with van der Waals surface area (Å²) in [6.45, 7) is 5.31. The van der Waals surface area contributed by atoms with Crippen LogP contribution in [0.15, 0.2) is 0 Å². The van der Waals surface area contributed by atoms with E-state index in [2.05, 4.69) is 22.4 Å². The highest BCUT2D eigenvalue weighted by molar-refractivity contribution is 4.95. The summed E-state index contributed by atoms with van der Waals surface area (Å²) < 4.78 is 40.1. The highest BCUT2D eigenvalue weighted by Gasteiger charge is 2.36. The van der Waals surface area contributed by atoms with Gasteiger partial charge >= 0.3 is 6.18 Å². The summed E-state index contributed by atoms with van der Waals surface area (Å²) in [7, 11) is 0. The first-order valence-corrected chi connectivity index (χ1v) is 8.09. The molecule has 4 nitrogen and oxygen atoms in total. The van der Waals surface area contributed by atoms with Crippen LogP contribution in [0.2, 0.25) is 0 Å². The maximum Gasteiger partial charge on any atom is 0.389 e. The number of aromatic nitrogens is 3. The molecule has 7 heteroatoms. The van der Waals surface area contributed by atoms with E-state index in [0.29, 0.717) is 13.0 Å². The molecule has 0 bridgehead atoms. The average molecular weight is 318 g/mol. The van der Waals surface area contributed by atoms with E-state index < -0.39 is 12.6 Å². The number of alkyl halides is 3. The number of hydrogen-bond donors (Lipinski definition) is 1. The van der Waals surface area contributed by atoms with Crippen LogP contribution in [-0.4, -0.2) is 27.0 Å². The highest BCUT2D eigenvalue weighted by Crippen LogP contribution is 2.34. The molecule has 22 heavy (non-hydrogen) atoms. The third kappa shape index (κ3) is 4.69. The maximum atomic E-state index is 12.7. The van der Waals surface area contributed by atoms with Crippen LogP contribution in [-0.2, 0) is 13.1 Å². The Morgan fingerprint density at radius 3 is 2.64 bits per heavy atom. The molecule has 1 aromatic rings. The van der Waals surface area contributed by atoms with Crippen molar-refractivity contribution in [2.45, 2.75) is 77.7 Å². The maximum absolute atomic E-state index is 12.7. The second-order valence-electron chi connectivity index (χ2n) is 6.17. The van der Waals surface area contributed by atoms with E-state index in [4.69, 9.17) is 0 Å². The van der Waals surface area contributed by atoms with E-state index in [1.807, 2.05) is 11.5 Å². The summed E-state index contributed by atoms with van der Waals surface area (Å²) in [5.41, 5.74) is 0. The van der Waals surface area contributed by atoms with Crippen LogP contribution in [0.25, 0.3) is 0 Å². The van der Waals surface area contributed by atoms with Crippen molar-refractivity contribution in [2.24, 2.45) is 5.92 Å². The largest absolute Gasteiger partial charge is 0.389 e. The third-order valence-corrected chi connectivity index (χ3v) is 4.38. The second kappa shape index (κ2) is 7.44. The molecule has 0 spiro atoms. The lowest BCUT2D eigenvalue weighted by Gasteiger charge is -2.32. The van der Waals surface area contributed by atoms with Gasteiger partial charge in [-0.1, -0.05) is 19.8 Å². The quantitative estimate of drug-likeness (QED) is 0.871. The molecule has 0 saturated heterocycles. The summed E-state index contributed by atoms with van der Waals surface area (Å²) in [6.07, 6.45) is -0.450. The molecule has 1 heterocycles. The minimum absolute atomic E-state index is 0.0811. The predicted molar refractivity (Wildman–Crippen MR) is 78.3 cm³/mol. The smallest absolute Gasteiger partial charge is 0.314 e. The zero-order valence-electron chi connectivity index (χ0n) is 13.3. The Bertz CT molecular complexity index is 470. The Morgan fingerprint density at radius 2 is 1.95 bits per heavy atom. The lowest BCUT2D eigenvalue weighted by atomic mass is 9.82. The van der Waals surface area contributed by atoms with E-state index in [0.717, 1.165) is 43.9 Å². The molecule has 0 radical (unpaired) electrons. The van der Waals surface area contributed by atoms with Crippen molar-refractivity contribution in [3.8, 4) is 0 Å². The predicted octanol–water partition coefficient (Wildman–Crippen LogP) is 3.60. The molecule has 0 amide bonds. The van der Waals surface area contributed by atoms with Gasteiger partial charge in [-0.05, 0) is 32.1 Å². The lowest BCUT2D eigenvalue weighted by Crippen LogP contribution is -2.40. The van der Waals surface area contributed by atoms with Crippen LogP contribution < -0.4 is 5.32 Å². The first-order chi connectivity index (χ1) is 10.4. The van der Waals surface area contributed by atoms with Gasteiger partial charge in [0.25, 0.3) is 0 Å². The van der Waals surface area contributed by atoms with Crippen molar-refractivity contribution < 1.29 is 13.2 Å². The van der Waals surface area contributed by atoms with E-state index in [-0.39, 0.29) is 12.0 Å². The Kier molecular flexibility index (Phi) is 5.83. The number of nitrogens with zero attached hydrogens (tertiary/aromatic N) is 3. The summed E-state index contributed by atoms with van der Waals surface area (Å²) in [6, 6.07) is -0.0811. The van der Waals surface area contributed by atoms with Crippen LogP contribution >= 0.6 is 0 Å². The number of hydrogen-bond acceptors (Lipinski definition) is 3. The monoisotopic (exact) mass is 318 g/mol. The molecule has 2 rings (SSSR count). The van der Waals surface area contributed by atoms with Crippen LogP contribution in [0.3, 0.4) is 0 Å². The van der Waals surface area contributed by atoms with Gasteiger partial charge in [0.05, 0.1) is 6.54 Å². The van der Waals surface area contributed by atoms with E-state index in [9.17, 15) is 13.2 Å². The Balaban J connectivity index is 1.96. The number of rotatable bonds is 6. The van der Waals surface area contributed by atoms with E-state index >= 15 is 0 Å². The van der Waals surface area contributed by atoms with Crippen molar-refractivity contribution in [2.75, 3.05) is 0 Å². The Labute approximate surface area is 129 Å². The minimum Gasteiger partial charge on any atom is -0.314 e. The molecule has 2 atom stereocenters. The van der Waals surface area contributed by atoms with Gasteiger partial charge < -0.3 is 9.88 Å². The van der Waals surface area contributed by atoms with Gasteiger partial charge in [0, 0.05) is 19.0 Å². The molecule has 0 unspecified atom stereocenters. The topological polar surface area (TPSA) is 42.7 Å². The van der Waals surface area contributed by atoms with Crippen LogP contribution in [0.5, 0.6) is 0 Å². The van der Waals surface area contributed by atoms with Crippen molar-refractivity contribution in [1.82, 2.24) is 20.1 Å². The van der Waals surface area contributed by atoms with Gasteiger partial charge in [-0.3, -0.25) is 0 Å². The van der Waals surface area contributed by atoms with E-state index in [1.54, 1.807) is 0 Å². The highest BCUT2D eigenvalue weighted by atomic mass is 19.4. The van der Waals surface area contributed by atoms with Gasteiger partial charge in [0.2, 0.25) is 0 Å². The van der Waals surface area contributed by atoms with Crippen LogP contribution in [0.1, 0.15) is 57.1 Å². The van der Waals surface area contributed by atoms with Gasteiger partial charge in [0.15, 0.2) is 0 Å². The summed E-state index contributed by atoms with van der Waals surface area (Å²) >= 11 is 0. The molecule has 1 aliphatic carbocycles. The molecule has 1 saturated carbocycles. The first-order valence-electron chi connectivity index (χ1n) is 8.09. The van der Waals surface area contributed by atoms with Gasteiger partial charge in [0.1, 0.15) is 11.6 Å². The fourth-order valence-corrected chi connectivity index (χ4v) is 3.31. The fourth-order valence-electron chi connectivity index (χ4n) is 3.31. The zero-order chi connectivity index (χ0) is 16.2. The number of nitrogens with one attached hydrogen (secondary N) is 1. The van der Waals surface area contributed by atoms with Crippen molar-refractivity contribution in [3.05, 3.63) is 11.6 Å². The summed E-state index contributed by atoms with van der Waals surface area (Å²) in [5, 5.41) is 11.5. The van der Waals surface area contributed by atoms with Crippen molar-refractivity contribution in [3.63, 3.8) is 0 Å². The second-order valence-corrected chi connectivity index (χ2v) is 6.17. The Hall–Kier alpha value is -1.11. The Morgan fingerprint density at radius 1 is 1.23 bits per heavy atom. The van der Waals surface area contributed by atoms with Crippen molar-refractivity contribution in [1.29, 1.82) is 0 Å². The molecular formula is C15H25F3N4. The van der Waals surface area contributed by atoms with E-state index in [1.165, 1.54) is 0 Å². The third-order valence-electron chi connectivity index (χ3n) is 4.38. The summed E-state index contributed by atoms with van der Waals surface area (Å²) in [5.74, 6) is 1.35. The molecule has 0 aliphatic heterocycles. The number of aryl methyl sites for hydroxylation is 1. The van der Waals surface area contributed by atoms with Gasteiger partial charge in [-0.2, -0.15) is 13.2 Å². The molecule has 1 N–H and O–H groups in total. The van der Waals surface area contributed by atoms with Crippen LogP contribution in [0.4, 0.5) is 13.2 Å². The van der Waals surface area contributed by atoms with Crippen molar-refractivity contribution >= 4 is 0 Å². The van der Waals surface area contributed by atoms with Gasteiger partial charge in [-0.15, -0.1) is 10.2 Å². The molecule has 126 valence electrons. The van der Waals surface area contributed by atoms with Crippen LogP contribution in [0, 0.1) is 12.8 Å². The number of halogens is 3. The van der Waals surface area contributed by atoms with Gasteiger partial charge in [-0.25, -0.2) is 0 Å².